The number of nitrogens with zero attached hydrogens (tertiary/aromatic N) is 3. The van der Waals surface area contributed by atoms with Gasteiger partial charge in [-0.05, 0) is 49.4 Å². The number of carbonyl (C=O) groups is 1. The van der Waals surface area contributed by atoms with Gasteiger partial charge in [-0.2, -0.15) is 0 Å². The Balaban J connectivity index is 1.46. The Bertz CT molecular complexity index is 1040. The molecule has 3 aromatic rings. The van der Waals surface area contributed by atoms with Gasteiger partial charge in [-0.1, -0.05) is 48.2 Å². The van der Waals surface area contributed by atoms with Crippen LogP contribution in [0.1, 0.15) is 36.9 Å². The van der Waals surface area contributed by atoms with Gasteiger partial charge >= 0.3 is 0 Å². The average molecular weight is 412 g/mol. The summed E-state index contributed by atoms with van der Waals surface area (Å²) >= 11 is 1.20. The SMILES string of the molecule is C[C@H](Sc1nnc(-c2ccccc2F)n1N)C(=O)N[C@@H]1CCCc2ccccc21. The zero-order valence-electron chi connectivity index (χ0n) is 16.0. The van der Waals surface area contributed by atoms with Crippen molar-refractivity contribution in [1.82, 2.24) is 20.2 Å². The second-order valence-corrected chi connectivity index (χ2v) is 8.38. The second-order valence-electron chi connectivity index (χ2n) is 7.07. The van der Waals surface area contributed by atoms with Crippen molar-refractivity contribution in [2.45, 2.75) is 42.6 Å². The fraction of sp³-hybridized carbons (Fsp3) is 0.286. The Morgan fingerprint density at radius 1 is 1.24 bits per heavy atom. The number of aromatic nitrogens is 3. The van der Waals surface area contributed by atoms with E-state index in [9.17, 15) is 9.18 Å². The number of rotatable bonds is 5. The van der Waals surface area contributed by atoms with Gasteiger partial charge in [0.1, 0.15) is 5.82 Å². The topological polar surface area (TPSA) is 85.8 Å². The first kappa shape index (κ1) is 19.4. The van der Waals surface area contributed by atoms with E-state index in [1.807, 2.05) is 12.1 Å². The molecule has 6 nitrogen and oxygen atoms in total. The summed E-state index contributed by atoms with van der Waals surface area (Å²) in [6, 6.07) is 14.5. The van der Waals surface area contributed by atoms with Crippen LogP contribution in [-0.4, -0.2) is 26.0 Å². The first-order valence-corrected chi connectivity index (χ1v) is 10.4. The van der Waals surface area contributed by atoms with Gasteiger partial charge in [0.25, 0.3) is 0 Å². The van der Waals surface area contributed by atoms with Crippen LogP contribution in [0.25, 0.3) is 11.4 Å². The van der Waals surface area contributed by atoms with Gasteiger partial charge < -0.3 is 11.2 Å². The number of carbonyl (C=O) groups excluding carboxylic acids is 1. The molecule has 0 unspecified atom stereocenters. The van der Waals surface area contributed by atoms with Crippen LogP contribution in [0.2, 0.25) is 0 Å². The Kier molecular flexibility index (Phi) is 5.53. The van der Waals surface area contributed by atoms with E-state index < -0.39 is 11.1 Å². The molecule has 0 fully saturated rings. The Hall–Kier alpha value is -2.87. The van der Waals surface area contributed by atoms with Gasteiger partial charge in [0.2, 0.25) is 11.1 Å². The van der Waals surface area contributed by atoms with Crippen LogP contribution < -0.4 is 11.2 Å². The average Bonchev–Trinajstić information content (AvgIpc) is 3.08. The molecule has 0 bridgehead atoms. The second kappa shape index (κ2) is 8.24. The molecule has 150 valence electrons. The molecular formula is C21H22FN5OS. The Labute approximate surface area is 172 Å². The van der Waals surface area contributed by atoms with E-state index >= 15 is 0 Å². The number of fused-ring (bicyclic) bond motifs is 1. The van der Waals surface area contributed by atoms with Crippen LogP contribution in [0, 0.1) is 5.82 Å². The number of nitrogen functional groups attached to an aromatic ring is 1. The molecule has 1 heterocycles. The summed E-state index contributed by atoms with van der Waals surface area (Å²) < 4.78 is 15.3. The van der Waals surface area contributed by atoms with Crippen molar-refractivity contribution in [2.24, 2.45) is 0 Å². The predicted molar refractivity (Wildman–Crippen MR) is 111 cm³/mol. The molecule has 1 aromatic heterocycles. The Morgan fingerprint density at radius 2 is 2.00 bits per heavy atom. The lowest BCUT2D eigenvalue weighted by Crippen LogP contribution is -2.36. The maximum atomic E-state index is 14.0. The molecule has 0 radical (unpaired) electrons. The van der Waals surface area contributed by atoms with Crippen molar-refractivity contribution >= 4 is 17.7 Å². The minimum absolute atomic E-state index is 0.0141. The number of hydrogen-bond donors (Lipinski definition) is 2. The van der Waals surface area contributed by atoms with Gasteiger partial charge in [-0.25, -0.2) is 9.07 Å². The smallest absolute Gasteiger partial charge is 0.233 e. The third kappa shape index (κ3) is 3.98. The van der Waals surface area contributed by atoms with Gasteiger partial charge in [-0.3, -0.25) is 4.79 Å². The summed E-state index contributed by atoms with van der Waals surface area (Å²) in [5.41, 5.74) is 2.75. The van der Waals surface area contributed by atoms with Crippen LogP contribution in [0.5, 0.6) is 0 Å². The van der Waals surface area contributed by atoms with E-state index in [4.69, 9.17) is 5.84 Å². The number of aryl methyl sites for hydroxylation is 1. The third-order valence-electron chi connectivity index (χ3n) is 5.12. The van der Waals surface area contributed by atoms with Crippen molar-refractivity contribution in [2.75, 3.05) is 5.84 Å². The first-order valence-electron chi connectivity index (χ1n) is 9.55. The van der Waals surface area contributed by atoms with Crippen LogP contribution in [0.4, 0.5) is 4.39 Å². The fourth-order valence-corrected chi connectivity index (χ4v) is 4.37. The summed E-state index contributed by atoms with van der Waals surface area (Å²) in [5, 5.41) is 11.1. The molecule has 4 rings (SSSR count). The molecule has 2 atom stereocenters. The number of benzene rings is 2. The van der Waals surface area contributed by atoms with Gasteiger partial charge in [-0.15, -0.1) is 10.2 Å². The maximum absolute atomic E-state index is 14.0. The molecule has 0 spiro atoms. The molecule has 8 heteroatoms. The third-order valence-corrected chi connectivity index (χ3v) is 6.17. The van der Waals surface area contributed by atoms with Crippen LogP contribution in [-0.2, 0) is 11.2 Å². The van der Waals surface area contributed by atoms with Crippen molar-refractivity contribution < 1.29 is 9.18 Å². The zero-order valence-corrected chi connectivity index (χ0v) is 16.8. The van der Waals surface area contributed by atoms with Gasteiger partial charge in [0.05, 0.1) is 16.9 Å². The summed E-state index contributed by atoms with van der Waals surface area (Å²) in [6.45, 7) is 1.80. The molecule has 1 aliphatic rings. The molecule has 0 saturated heterocycles. The van der Waals surface area contributed by atoms with Crippen LogP contribution in [0.3, 0.4) is 0 Å². The largest absolute Gasteiger partial charge is 0.348 e. The minimum Gasteiger partial charge on any atom is -0.348 e. The number of amides is 1. The normalized spacial score (nSPS) is 16.8. The zero-order chi connectivity index (χ0) is 20.4. The fourth-order valence-electron chi connectivity index (χ4n) is 3.59. The highest BCUT2D eigenvalue weighted by atomic mass is 32.2. The Morgan fingerprint density at radius 3 is 2.83 bits per heavy atom. The van der Waals surface area contributed by atoms with E-state index in [1.165, 1.54) is 33.6 Å². The number of nitrogens with one attached hydrogen (secondary N) is 1. The van der Waals surface area contributed by atoms with E-state index in [0.717, 1.165) is 19.3 Å². The molecule has 0 saturated carbocycles. The number of hydrogen-bond acceptors (Lipinski definition) is 5. The molecule has 29 heavy (non-hydrogen) atoms. The van der Waals surface area contributed by atoms with E-state index in [-0.39, 0.29) is 23.3 Å². The maximum Gasteiger partial charge on any atom is 0.233 e. The molecule has 1 aliphatic carbocycles. The summed E-state index contributed by atoms with van der Waals surface area (Å²) in [6.07, 6.45) is 3.01. The van der Waals surface area contributed by atoms with Gasteiger partial charge in [0.15, 0.2) is 5.82 Å². The summed E-state index contributed by atoms with van der Waals surface area (Å²) in [5.74, 6) is 5.78. The molecule has 0 aliphatic heterocycles. The van der Waals surface area contributed by atoms with Crippen molar-refractivity contribution in [3.63, 3.8) is 0 Å². The molecular weight excluding hydrogens is 389 g/mol. The van der Waals surface area contributed by atoms with Crippen LogP contribution >= 0.6 is 11.8 Å². The van der Waals surface area contributed by atoms with Crippen molar-refractivity contribution in [1.29, 1.82) is 0 Å². The number of nitrogens with two attached hydrogens (primary N) is 1. The predicted octanol–water partition coefficient (Wildman–Crippen LogP) is 3.47. The molecule has 3 N–H and O–H groups in total. The summed E-state index contributed by atoms with van der Waals surface area (Å²) in [4.78, 5) is 12.8. The summed E-state index contributed by atoms with van der Waals surface area (Å²) in [7, 11) is 0. The van der Waals surface area contributed by atoms with E-state index in [1.54, 1.807) is 25.1 Å². The lowest BCUT2D eigenvalue weighted by molar-refractivity contribution is -0.121. The lowest BCUT2D eigenvalue weighted by atomic mass is 9.88. The highest BCUT2D eigenvalue weighted by Gasteiger charge is 2.25. The highest BCUT2D eigenvalue weighted by Crippen LogP contribution is 2.31. The number of halogens is 1. The monoisotopic (exact) mass is 411 g/mol. The molecule has 1 amide bonds. The lowest BCUT2D eigenvalue weighted by Gasteiger charge is -2.27. The van der Waals surface area contributed by atoms with E-state index in [0.29, 0.717) is 5.16 Å². The van der Waals surface area contributed by atoms with Gasteiger partial charge in [0, 0.05) is 0 Å². The standard InChI is InChI=1S/C21H22FN5OS/c1-13(20(28)24-18-12-6-8-14-7-2-3-9-15(14)18)29-21-26-25-19(27(21)23)16-10-4-5-11-17(16)22/h2-5,7,9-11,13,18H,6,8,12,23H2,1H3,(H,24,28)/t13-,18+/m0/s1. The van der Waals surface area contributed by atoms with Crippen molar-refractivity contribution in [3.05, 3.63) is 65.5 Å². The highest BCUT2D eigenvalue weighted by molar-refractivity contribution is 8.00. The van der Waals surface area contributed by atoms with E-state index in [2.05, 4.69) is 27.6 Å². The molecule has 2 aromatic carbocycles. The minimum atomic E-state index is -0.427. The quantitative estimate of drug-likeness (QED) is 0.496. The first-order chi connectivity index (χ1) is 14.0. The number of thioether (sulfide) groups is 1. The van der Waals surface area contributed by atoms with Crippen molar-refractivity contribution in [3.8, 4) is 11.4 Å². The van der Waals surface area contributed by atoms with Crippen LogP contribution in [0.15, 0.2) is 53.7 Å².